The highest BCUT2D eigenvalue weighted by Crippen LogP contribution is 2.31. The van der Waals surface area contributed by atoms with E-state index >= 15 is 0 Å². The molecule has 0 saturated carbocycles. The van der Waals surface area contributed by atoms with E-state index in [-0.39, 0.29) is 12.2 Å². The van der Waals surface area contributed by atoms with Gasteiger partial charge in [0.1, 0.15) is 5.82 Å². The first-order valence-electron chi connectivity index (χ1n) is 8.95. The molecule has 0 amide bonds. The standard InChI is InChI=1S/C21H25ClFNO3/c1-2-9-21(13-25,20(26)27)12-17(24)10-14-3-5-15(6-4-14)18-11-16(22)7-8-19(18)23/h3-8,11,17,25H,2,9-10,12-13,24H2,1H3,(H,26,27)/t17?,21-/m1/s1. The molecule has 2 aromatic rings. The lowest BCUT2D eigenvalue weighted by Crippen LogP contribution is -2.41. The molecule has 0 bridgehead atoms. The van der Waals surface area contributed by atoms with Gasteiger partial charge in [-0.25, -0.2) is 4.39 Å². The average Bonchev–Trinajstić information content (AvgIpc) is 2.63. The van der Waals surface area contributed by atoms with Crippen molar-refractivity contribution in [2.45, 2.75) is 38.6 Å². The molecule has 0 saturated heterocycles. The van der Waals surface area contributed by atoms with Gasteiger partial charge in [-0.2, -0.15) is 0 Å². The minimum atomic E-state index is -1.21. The summed E-state index contributed by atoms with van der Waals surface area (Å²) in [4.78, 5) is 11.6. The molecule has 4 nitrogen and oxygen atoms in total. The van der Waals surface area contributed by atoms with Crippen LogP contribution < -0.4 is 5.73 Å². The van der Waals surface area contributed by atoms with E-state index in [0.29, 0.717) is 35.4 Å². The van der Waals surface area contributed by atoms with E-state index in [4.69, 9.17) is 17.3 Å². The zero-order valence-electron chi connectivity index (χ0n) is 15.3. The quantitative estimate of drug-likeness (QED) is 0.594. The van der Waals surface area contributed by atoms with Crippen LogP contribution in [0.2, 0.25) is 5.02 Å². The summed E-state index contributed by atoms with van der Waals surface area (Å²) >= 11 is 5.94. The van der Waals surface area contributed by atoms with Crippen molar-refractivity contribution in [1.82, 2.24) is 0 Å². The maximum absolute atomic E-state index is 14.0. The second-order valence-electron chi connectivity index (χ2n) is 6.98. The Labute approximate surface area is 163 Å². The Kier molecular flexibility index (Phi) is 7.36. The number of carboxylic acids is 1. The zero-order chi connectivity index (χ0) is 20.0. The lowest BCUT2D eigenvalue weighted by molar-refractivity contribution is -0.153. The Balaban J connectivity index is 2.11. The summed E-state index contributed by atoms with van der Waals surface area (Å²) in [7, 11) is 0. The number of carbonyl (C=O) groups is 1. The number of rotatable bonds is 9. The van der Waals surface area contributed by atoms with Crippen LogP contribution in [-0.2, 0) is 11.2 Å². The topological polar surface area (TPSA) is 83.5 Å². The fourth-order valence-electron chi connectivity index (χ4n) is 3.40. The van der Waals surface area contributed by atoms with Crippen molar-refractivity contribution in [2.75, 3.05) is 6.61 Å². The van der Waals surface area contributed by atoms with Gasteiger partial charge in [-0.1, -0.05) is 49.2 Å². The molecule has 0 aliphatic carbocycles. The summed E-state index contributed by atoms with van der Waals surface area (Å²) in [6, 6.07) is 11.3. The molecule has 0 fully saturated rings. The summed E-state index contributed by atoms with van der Waals surface area (Å²) in [6.45, 7) is 1.45. The molecule has 1 unspecified atom stereocenters. The SMILES string of the molecule is CCC[C@](CO)(CC(N)Cc1ccc(-c2cc(Cl)ccc2F)cc1)C(=O)O. The van der Waals surface area contributed by atoms with Crippen molar-refractivity contribution >= 4 is 17.6 Å². The Morgan fingerprint density at radius 3 is 2.48 bits per heavy atom. The Morgan fingerprint density at radius 1 is 1.26 bits per heavy atom. The van der Waals surface area contributed by atoms with Crippen LogP contribution >= 0.6 is 11.6 Å². The van der Waals surface area contributed by atoms with Gasteiger partial charge in [0.2, 0.25) is 0 Å². The fraction of sp³-hybridized carbons (Fsp3) is 0.381. The first-order chi connectivity index (χ1) is 12.8. The van der Waals surface area contributed by atoms with Crippen LogP contribution in [0.1, 0.15) is 31.7 Å². The normalized spacial score (nSPS) is 14.6. The molecular weight excluding hydrogens is 369 g/mol. The van der Waals surface area contributed by atoms with Crippen molar-refractivity contribution in [3.05, 3.63) is 58.9 Å². The number of aliphatic hydroxyl groups is 1. The second kappa shape index (κ2) is 9.31. The molecule has 2 aromatic carbocycles. The van der Waals surface area contributed by atoms with Crippen LogP contribution in [0.5, 0.6) is 0 Å². The fourth-order valence-corrected chi connectivity index (χ4v) is 3.57. The number of aliphatic hydroxyl groups excluding tert-OH is 1. The van der Waals surface area contributed by atoms with Gasteiger partial charge in [-0.05, 0) is 48.6 Å². The molecule has 2 atom stereocenters. The molecule has 0 heterocycles. The zero-order valence-corrected chi connectivity index (χ0v) is 16.0. The van der Waals surface area contributed by atoms with Crippen LogP contribution in [-0.4, -0.2) is 28.8 Å². The molecular formula is C21H25ClFNO3. The molecule has 27 heavy (non-hydrogen) atoms. The minimum Gasteiger partial charge on any atom is -0.481 e. The third-order valence-electron chi connectivity index (χ3n) is 4.83. The van der Waals surface area contributed by atoms with E-state index in [9.17, 15) is 19.4 Å². The molecule has 0 aromatic heterocycles. The van der Waals surface area contributed by atoms with Crippen molar-refractivity contribution < 1.29 is 19.4 Å². The predicted molar refractivity (Wildman–Crippen MR) is 105 cm³/mol. The van der Waals surface area contributed by atoms with E-state index in [1.165, 1.54) is 12.1 Å². The van der Waals surface area contributed by atoms with Gasteiger partial charge in [0, 0.05) is 16.6 Å². The van der Waals surface area contributed by atoms with Crippen LogP contribution in [0, 0.1) is 11.2 Å². The van der Waals surface area contributed by atoms with Gasteiger partial charge < -0.3 is 15.9 Å². The lowest BCUT2D eigenvalue weighted by atomic mass is 9.77. The van der Waals surface area contributed by atoms with Gasteiger partial charge in [-0.15, -0.1) is 0 Å². The number of aliphatic carboxylic acids is 1. The smallest absolute Gasteiger partial charge is 0.312 e. The lowest BCUT2D eigenvalue weighted by Gasteiger charge is -2.29. The van der Waals surface area contributed by atoms with Crippen LogP contribution in [0.15, 0.2) is 42.5 Å². The highest BCUT2D eigenvalue weighted by Gasteiger charge is 2.38. The van der Waals surface area contributed by atoms with E-state index in [1.807, 2.05) is 19.1 Å². The van der Waals surface area contributed by atoms with Crippen LogP contribution in [0.25, 0.3) is 11.1 Å². The van der Waals surface area contributed by atoms with E-state index in [0.717, 1.165) is 5.56 Å². The summed E-state index contributed by atoms with van der Waals surface area (Å²) in [5, 5.41) is 19.6. The summed E-state index contributed by atoms with van der Waals surface area (Å²) in [5.41, 5.74) is 7.01. The number of hydrogen-bond donors (Lipinski definition) is 3. The van der Waals surface area contributed by atoms with E-state index in [1.54, 1.807) is 18.2 Å². The molecule has 6 heteroatoms. The third-order valence-corrected chi connectivity index (χ3v) is 5.06. The molecule has 2 rings (SSSR count). The Morgan fingerprint density at radius 2 is 1.93 bits per heavy atom. The van der Waals surface area contributed by atoms with Gasteiger partial charge in [0.05, 0.1) is 12.0 Å². The Bertz CT molecular complexity index is 781. The molecule has 0 spiro atoms. The van der Waals surface area contributed by atoms with Crippen LogP contribution in [0.4, 0.5) is 4.39 Å². The molecule has 0 radical (unpaired) electrons. The maximum atomic E-state index is 14.0. The Hall–Kier alpha value is -1.95. The molecule has 0 aliphatic rings. The van der Waals surface area contributed by atoms with Crippen LogP contribution in [0.3, 0.4) is 0 Å². The third kappa shape index (κ3) is 5.28. The van der Waals surface area contributed by atoms with E-state index in [2.05, 4.69) is 0 Å². The van der Waals surface area contributed by atoms with Crippen molar-refractivity contribution in [1.29, 1.82) is 0 Å². The minimum absolute atomic E-state index is 0.192. The van der Waals surface area contributed by atoms with Crippen molar-refractivity contribution in [3.63, 3.8) is 0 Å². The maximum Gasteiger partial charge on any atom is 0.312 e. The number of halogens is 2. The predicted octanol–water partition coefficient (Wildman–Crippen LogP) is 4.27. The number of nitrogens with two attached hydrogens (primary N) is 1. The number of hydrogen-bond acceptors (Lipinski definition) is 3. The number of carboxylic acid groups (broad SMARTS) is 1. The molecule has 4 N–H and O–H groups in total. The van der Waals surface area contributed by atoms with Gasteiger partial charge in [0.25, 0.3) is 0 Å². The largest absolute Gasteiger partial charge is 0.481 e. The highest BCUT2D eigenvalue weighted by molar-refractivity contribution is 6.30. The molecule has 146 valence electrons. The number of benzene rings is 2. The first-order valence-corrected chi connectivity index (χ1v) is 9.33. The van der Waals surface area contributed by atoms with Crippen molar-refractivity contribution in [2.24, 2.45) is 11.1 Å². The highest BCUT2D eigenvalue weighted by atomic mass is 35.5. The molecule has 0 aliphatic heterocycles. The van der Waals surface area contributed by atoms with Gasteiger partial charge >= 0.3 is 5.97 Å². The van der Waals surface area contributed by atoms with Crippen molar-refractivity contribution in [3.8, 4) is 11.1 Å². The summed E-state index contributed by atoms with van der Waals surface area (Å²) in [6.07, 6.45) is 1.69. The van der Waals surface area contributed by atoms with E-state index < -0.39 is 24.0 Å². The monoisotopic (exact) mass is 393 g/mol. The second-order valence-corrected chi connectivity index (χ2v) is 7.42. The van der Waals surface area contributed by atoms with Gasteiger partial charge in [0.15, 0.2) is 0 Å². The first kappa shape index (κ1) is 21.4. The summed E-state index contributed by atoms with van der Waals surface area (Å²) in [5.74, 6) is -1.37. The average molecular weight is 394 g/mol. The summed E-state index contributed by atoms with van der Waals surface area (Å²) < 4.78 is 14.0. The van der Waals surface area contributed by atoms with Gasteiger partial charge in [-0.3, -0.25) is 4.79 Å².